The Labute approximate surface area is 155 Å². The molecule has 5 nitrogen and oxygen atoms in total. The Balaban J connectivity index is 0.00000118. The van der Waals surface area contributed by atoms with Crippen LogP contribution in [-0.4, -0.2) is 38.6 Å². The fraction of sp³-hybridized carbons (Fsp3) is 0.529. The first-order chi connectivity index (χ1) is 11.1. The molecule has 0 aliphatic rings. The minimum Gasteiger partial charge on any atom is -0.507 e. The Morgan fingerprint density at radius 3 is 1.71 bits per heavy atom. The number of phenolic OH excluding ortho intramolecular Hbond substituents is 1. The number of ether oxygens (including phenoxy) is 1. The number of aliphatic hydroxyl groups excluding tert-OH is 1. The first-order valence-electron chi connectivity index (χ1n) is 7.76. The van der Waals surface area contributed by atoms with Crippen LogP contribution in [0.25, 0.3) is 0 Å². The quantitative estimate of drug-likeness (QED) is 0.697. The molecule has 0 heterocycles. The molecule has 0 aromatic heterocycles. The van der Waals surface area contributed by atoms with Crippen molar-refractivity contribution in [3.05, 3.63) is 27.8 Å². The van der Waals surface area contributed by atoms with Gasteiger partial charge in [-0.1, -0.05) is 0 Å². The van der Waals surface area contributed by atoms with E-state index in [1.165, 1.54) is 0 Å². The van der Waals surface area contributed by atoms with E-state index in [0.717, 1.165) is 40.9 Å². The van der Waals surface area contributed by atoms with Crippen molar-refractivity contribution in [2.45, 2.75) is 48.1 Å². The molecule has 0 amide bonds. The Morgan fingerprint density at radius 2 is 1.38 bits per heavy atom. The summed E-state index contributed by atoms with van der Waals surface area (Å²) >= 11 is 9.18. The van der Waals surface area contributed by atoms with Gasteiger partial charge in [-0.15, -0.1) is 0 Å². The normalized spacial score (nSPS) is 9.75. The average molecular weight is 373 g/mol. The van der Waals surface area contributed by atoms with Gasteiger partial charge in [0, 0.05) is 13.1 Å². The molecule has 4 N–H and O–H groups in total. The first kappa shape index (κ1) is 22.4. The summed E-state index contributed by atoms with van der Waals surface area (Å²) in [7, 11) is 0. The van der Waals surface area contributed by atoms with E-state index in [9.17, 15) is 5.11 Å². The van der Waals surface area contributed by atoms with Gasteiger partial charge in [0.15, 0.2) is 0 Å². The van der Waals surface area contributed by atoms with Gasteiger partial charge in [0.05, 0.1) is 0 Å². The third-order valence-electron chi connectivity index (χ3n) is 4.10. The Bertz CT molecular complexity index is 567. The van der Waals surface area contributed by atoms with Crippen molar-refractivity contribution in [1.29, 1.82) is 0 Å². The number of phenols is 1. The van der Waals surface area contributed by atoms with Crippen molar-refractivity contribution in [3.8, 4) is 5.75 Å². The van der Waals surface area contributed by atoms with E-state index in [4.69, 9.17) is 22.1 Å². The monoisotopic (exact) mass is 372 g/mol. The minimum atomic E-state index is -0.500. The van der Waals surface area contributed by atoms with Gasteiger partial charge in [-0.2, -0.15) is 0 Å². The molecular formula is C17H28N2O3S2. The Morgan fingerprint density at radius 1 is 1.00 bits per heavy atom. The lowest BCUT2D eigenvalue weighted by Crippen LogP contribution is -2.30. The summed E-state index contributed by atoms with van der Waals surface area (Å²) in [5.41, 5.74) is 9.50. The molecular weight excluding hydrogens is 344 g/mol. The number of rotatable bonds is 4. The van der Waals surface area contributed by atoms with Crippen LogP contribution in [0.3, 0.4) is 0 Å². The highest BCUT2D eigenvalue weighted by Gasteiger charge is 2.15. The van der Waals surface area contributed by atoms with Crippen molar-refractivity contribution in [3.63, 3.8) is 0 Å². The Hall–Kier alpha value is -1.60. The van der Waals surface area contributed by atoms with Crippen LogP contribution in [0.2, 0.25) is 0 Å². The number of hydrogen-bond donors (Lipinski definition) is 3. The van der Waals surface area contributed by atoms with Gasteiger partial charge < -0.3 is 25.6 Å². The van der Waals surface area contributed by atoms with Crippen LogP contribution < -0.4 is 5.73 Å². The molecule has 0 bridgehead atoms. The predicted octanol–water partition coefficient (Wildman–Crippen LogP) is 3.56. The SMILES string of the molecule is CCN(CC)C(=S)OCc1c(C)c(C)c(O)c(C)c1C.NC(O)=S. The van der Waals surface area contributed by atoms with Crippen LogP contribution in [0.5, 0.6) is 5.75 Å². The summed E-state index contributed by atoms with van der Waals surface area (Å²) < 4.78 is 5.76. The van der Waals surface area contributed by atoms with Crippen LogP contribution >= 0.6 is 24.4 Å². The van der Waals surface area contributed by atoms with Crippen molar-refractivity contribution >= 4 is 34.8 Å². The first-order valence-corrected chi connectivity index (χ1v) is 8.58. The summed E-state index contributed by atoms with van der Waals surface area (Å²) in [6, 6.07) is 0. The van der Waals surface area contributed by atoms with Crippen molar-refractivity contribution in [2.75, 3.05) is 13.1 Å². The summed E-state index contributed by atoms with van der Waals surface area (Å²) in [5, 5.41) is 17.7. The lowest BCUT2D eigenvalue weighted by atomic mass is 9.93. The van der Waals surface area contributed by atoms with Gasteiger partial charge >= 0.3 is 0 Å². The molecule has 1 aromatic rings. The number of aromatic hydroxyl groups is 1. The lowest BCUT2D eigenvalue weighted by molar-refractivity contribution is 0.237. The van der Waals surface area contributed by atoms with Gasteiger partial charge in [-0.3, -0.25) is 0 Å². The maximum absolute atomic E-state index is 10.1. The van der Waals surface area contributed by atoms with Crippen LogP contribution in [0.4, 0.5) is 0 Å². The molecule has 1 rings (SSSR count). The number of nitrogens with zero attached hydrogens (tertiary/aromatic N) is 1. The zero-order valence-corrected chi connectivity index (χ0v) is 16.9. The summed E-state index contributed by atoms with van der Waals surface area (Å²) in [4.78, 5) is 2.01. The third kappa shape index (κ3) is 6.13. The largest absolute Gasteiger partial charge is 0.507 e. The number of nitrogens with two attached hydrogens (primary N) is 1. The van der Waals surface area contributed by atoms with E-state index in [1.54, 1.807) is 0 Å². The van der Waals surface area contributed by atoms with Gasteiger partial charge in [-0.25, -0.2) is 0 Å². The molecule has 136 valence electrons. The number of aliphatic hydroxyl groups is 1. The highest BCUT2D eigenvalue weighted by molar-refractivity contribution is 7.80. The van der Waals surface area contributed by atoms with Gasteiger partial charge in [0.2, 0.25) is 0 Å². The molecule has 0 atom stereocenters. The van der Waals surface area contributed by atoms with Gasteiger partial charge in [0.1, 0.15) is 12.4 Å². The van der Waals surface area contributed by atoms with Gasteiger partial charge in [-0.05, 0) is 93.8 Å². The molecule has 0 aliphatic heterocycles. The molecule has 0 unspecified atom stereocenters. The number of benzene rings is 1. The van der Waals surface area contributed by atoms with E-state index in [-0.39, 0.29) is 0 Å². The lowest BCUT2D eigenvalue weighted by Gasteiger charge is -2.23. The molecule has 0 saturated heterocycles. The van der Waals surface area contributed by atoms with E-state index < -0.39 is 5.17 Å². The zero-order chi connectivity index (χ0) is 19.0. The van der Waals surface area contributed by atoms with E-state index in [0.29, 0.717) is 17.5 Å². The second kappa shape index (κ2) is 10.3. The highest BCUT2D eigenvalue weighted by atomic mass is 32.1. The van der Waals surface area contributed by atoms with Crippen LogP contribution in [-0.2, 0) is 11.3 Å². The fourth-order valence-electron chi connectivity index (χ4n) is 2.29. The zero-order valence-electron chi connectivity index (χ0n) is 15.3. The van der Waals surface area contributed by atoms with Crippen LogP contribution in [0.1, 0.15) is 41.7 Å². The van der Waals surface area contributed by atoms with Crippen molar-refractivity contribution in [2.24, 2.45) is 5.73 Å². The molecule has 0 fully saturated rings. The summed E-state index contributed by atoms with van der Waals surface area (Å²) in [6.07, 6.45) is 0. The second-order valence-corrected chi connectivity index (χ2v) is 6.16. The average Bonchev–Trinajstić information content (AvgIpc) is 2.51. The van der Waals surface area contributed by atoms with Crippen LogP contribution in [0.15, 0.2) is 0 Å². The second-order valence-electron chi connectivity index (χ2n) is 5.39. The summed E-state index contributed by atoms with van der Waals surface area (Å²) in [6.45, 7) is 14.2. The molecule has 0 saturated carbocycles. The maximum Gasteiger partial charge on any atom is 0.259 e. The third-order valence-corrected chi connectivity index (χ3v) is 4.48. The maximum atomic E-state index is 10.1. The predicted molar refractivity (Wildman–Crippen MR) is 107 cm³/mol. The van der Waals surface area contributed by atoms with E-state index in [1.807, 2.05) is 32.6 Å². The van der Waals surface area contributed by atoms with Crippen molar-refractivity contribution < 1.29 is 14.9 Å². The molecule has 0 radical (unpaired) electrons. The van der Waals surface area contributed by atoms with Gasteiger partial charge in [0.25, 0.3) is 10.3 Å². The topological polar surface area (TPSA) is 79.0 Å². The smallest absolute Gasteiger partial charge is 0.259 e. The number of hydrogen-bond acceptors (Lipinski definition) is 4. The fourth-order valence-corrected chi connectivity index (χ4v) is 2.61. The molecule has 0 spiro atoms. The van der Waals surface area contributed by atoms with E-state index >= 15 is 0 Å². The van der Waals surface area contributed by atoms with Crippen LogP contribution in [0, 0.1) is 27.7 Å². The minimum absolute atomic E-state index is 0.384. The summed E-state index contributed by atoms with van der Waals surface area (Å²) in [5.74, 6) is 0.384. The standard InChI is InChI=1S/C16H25NO2S.CH3NOS/c1-7-17(8-2)16(20)19-9-14-10(3)12(5)15(18)13(6)11(14)4;2-1(3)4/h18H,7-9H2,1-6H3;(H3,2,3,4). The Kier molecular flexibility index (Phi) is 9.62. The van der Waals surface area contributed by atoms with Crippen molar-refractivity contribution in [1.82, 2.24) is 4.90 Å². The molecule has 1 aromatic carbocycles. The van der Waals surface area contributed by atoms with E-state index in [2.05, 4.69) is 31.8 Å². The molecule has 0 aliphatic carbocycles. The molecule has 7 heteroatoms. The number of thiocarbonyl (C=S) groups is 2. The molecule has 24 heavy (non-hydrogen) atoms. The highest BCUT2D eigenvalue weighted by Crippen LogP contribution is 2.31.